The van der Waals surface area contributed by atoms with Gasteiger partial charge in [0.25, 0.3) is 0 Å². The van der Waals surface area contributed by atoms with Gasteiger partial charge >= 0.3 is 6.03 Å². The van der Waals surface area contributed by atoms with Crippen LogP contribution in [0.4, 0.5) is 10.5 Å². The van der Waals surface area contributed by atoms with E-state index in [9.17, 15) is 14.4 Å². The molecule has 3 rings (SSSR count). The Balaban J connectivity index is 1.62. The first-order valence-electron chi connectivity index (χ1n) is 10.9. The summed E-state index contributed by atoms with van der Waals surface area (Å²) >= 11 is 5.97. The van der Waals surface area contributed by atoms with Crippen LogP contribution in [0.25, 0.3) is 0 Å². The van der Waals surface area contributed by atoms with Gasteiger partial charge in [0.05, 0.1) is 14.2 Å². The van der Waals surface area contributed by atoms with Crippen molar-refractivity contribution in [2.24, 2.45) is 0 Å². The average Bonchev–Trinajstić information content (AvgIpc) is 2.83. The van der Waals surface area contributed by atoms with Gasteiger partial charge in [0.15, 0.2) is 11.5 Å². The van der Waals surface area contributed by atoms with Crippen molar-refractivity contribution < 1.29 is 23.9 Å². The summed E-state index contributed by atoms with van der Waals surface area (Å²) in [5.74, 6) is 0.646. The lowest BCUT2D eigenvalue weighted by molar-refractivity contribution is -0.137. The fourth-order valence-electron chi connectivity index (χ4n) is 3.81. The van der Waals surface area contributed by atoms with Crippen molar-refractivity contribution in [2.45, 2.75) is 19.4 Å². The molecule has 4 amide bonds. The summed E-state index contributed by atoms with van der Waals surface area (Å²) in [5.41, 5.74) is 1.43. The van der Waals surface area contributed by atoms with Gasteiger partial charge in [0.1, 0.15) is 6.04 Å². The van der Waals surface area contributed by atoms with E-state index in [1.54, 1.807) is 60.4 Å². The first-order chi connectivity index (χ1) is 16.3. The minimum Gasteiger partial charge on any atom is -0.493 e. The Morgan fingerprint density at radius 2 is 1.65 bits per heavy atom. The lowest BCUT2D eigenvalue weighted by Gasteiger charge is -2.36. The second-order valence-corrected chi connectivity index (χ2v) is 8.34. The molecule has 0 aromatic heterocycles. The number of hydrogen-bond donors (Lipinski definition) is 2. The number of ether oxygens (including phenoxy) is 2. The Bertz CT molecular complexity index is 1040. The van der Waals surface area contributed by atoms with Gasteiger partial charge in [-0.2, -0.15) is 0 Å². The molecule has 2 N–H and O–H groups in total. The van der Waals surface area contributed by atoms with E-state index in [4.69, 9.17) is 21.1 Å². The molecular formula is C24H29ClN4O5. The normalized spacial score (nSPS) is 14.2. The Kier molecular flexibility index (Phi) is 8.59. The van der Waals surface area contributed by atoms with Gasteiger partial charge in [0.2, 0.25) is 11.8 Å². The van der Waals surface area contributed by atoms with E-state index in [0.29, 0.717) is 54.8 Å². The van der Waals surface area contributed by atoms with Gasteiger partial charge in [0, 0.05) is 50.2 Å². The second-order valence-electron chi connectivity index (χ2n) is 7.90. The van der Waals surface area contributed by atoms with E-state index >= 15 is 0 Å². The number of benzene rings is 2. The minimum absolute atomic E-state index is 0.195. The Morgan fingerprint density at radius 1 is 0.971 bits per heavy atom. The molecular weight excluding hydrogens is 460 g/mol. The summed E-state index contributed by atoms with van der Waals surface area (Å²) < 4.78 is 10.6. The summed E-state index contributed by atoms with van der Waals surface area (Å²) in [6, 6.07) is 11.3. The predicted molar refractivity (Wildman–Crippen MR) is 129 cm³/mol. The Hall–Kier alpha value is -3.46. The summed E-state index contributed by atoms with van der Waals surface area (Å²) in [7, 11) is 3.09. The van der Waals surface area contributed by atoms with E-state index in [2.05, 4.69) is 10.6 Å². The third-order valence-corrected chi connectivity index (χ3v) is 5.75. The van der Waals surface area contributed by atoms with E-state index < -0.39 is 6.04 Å². The smallest absolute Gasteiger partial charge is 0.321 e. The van der Waals surface area contributed by atoms with Crippen molar-refractivity contribution in [2.75, 3.05) is 45.7 Å². The minimum atomic E-state index is -0.734. The topological polar surface area (TPSA) is 100 Å². The molecule has 0 bridgehead atoms. The van der Waals surface area contributed by atoms with Crippen LogP contribution >= 0.6 is 11.6 Å². The van der Waals surface area contributed by atoms with Crippen LogP contribution in [-0.2, 0) is 16.0 Å². The van der Waals surface area contributed by atoms with Gasteiger partial charge in [-0.25, -0.2) is 4.79 Å². The summed E-state index contributed by atoms with van der Waals surface area (Å²) in [6.45, 7) is 2.86. The van der Waals surface area contributed by atoms with Crippen LogP contribution in [0.2, 0.25) is 5.02 Å². The molecule has 34 heavy (non-hydrogen) atoms. The number of urea groups is 1. The van der Waals surface area contributed by atoms with Crippen LogP contribution < -0.4 is 20.1 Å². The fraction of sp³-hybridized carbons (Fsp3) is 0.375. The van der Waals surface area contributed by atoms with E-state index in [1.807, 2.05) is 6.07 Å². The van der Waals surface area contributed by atoms with Crippen LogP contribution in [0, 0.1) is 0 Å². The molecule has 1 heterocycles. The zero-order chi connectivity index (χ0) is 24.7. The molecule has 1 fully saturated rings. The molecule has 1 saturated heterocycles. The van der Waals surface area contributed by atoms with Crippen molar-refractivity contribution in [1.29, 1.82) is 0 Å². The van der Waals surface area contributed by atoms with Crippen LogP contribution in [0.3, 0.4) is 0 Å². The van der Waals surface area contributed by atoms with E-state index in [1.165, 1.54) is 6.92 Å². The molecule has 0 aliphatic carbocycles. The number of nitrogens with zero attached hydrogens (tertiary/aromatic N) is 2. The maximum Gasteiger partial charge on any atom is 0.321 e. The predicted octanol–water partition coefficient (Wildman–Crippen LogP) is 2.78. The summed E-state index contributed by atoms with van der Waals surface area (Å²) in [4.78, 5) is 40.9. The number of hydrogen-bond acceptors (Lipinski definition) is 5. The van der Waals surface area contributed by atoms with Crippen molar-refractivity contribution >= 4 is 35.1 Å². The molecule has 10 heteroatoms. The monoisotopic (exact) mass is 488 g/mol. The standard InChI is InChI=1S/C24H29ClN4O5/c1-16(30)26-20(13-17-7-8-21(33-2)22(14-17)34-3)23(31)28-9-11-29(12-10-28)24(32)27-19-6-4-5-18(25)15-19/h4-8,14-15,20H,9-13H2,1-3H3,(H,26,30)(H,27,32)/t20-/m0/s1. The molecule has 182 valence electrons. The number of anilines is 1. The van der Waals surface area contributed by atoms with E-state index in [0.717, 1.165) is 5.56 Å². The van der Waals surface area contributed by atoms with Crippen molar-refractivity contribution in [3.05, 3.63) is 53.1 Å². The quantitative estimate of drug-likeness (QED) is 0.624. The lowest BCUT2D eigenvalue weighted by atomic mass is 10.0. The Labute approximate surface area is 203 Å². The highest BCUT2D eigenvalue weighted by atomic mass is 35.5. The molecule has 0 radical (unpaired) electrons. The first-order valence-corrected chi connectivity index (χ1v) is 11.3. The second kappa shape index (κ2) is 11.6. The van der Waals surface area contributed by atoms with Gasteiger partial charge < -0.3 is 29.9 Å². The van der Waals surface area contributed by atoms with Gasteiger partial charge in [-0.15, -0.1) is 0 Å². The molecule has 0 spiro atoms. The molecule has 1 aliphatic rings. The van der Waals surface area contributed by atoms with Crippen molar-refractivity contribution in [3.63, 3.8) is 0 Å². The molecule has 0 saturated carbocycles. The Morgan fingerprint density at radius 3 is 2.26 bits per heavy atom. The maximum atomic E-state index is 13.2. The number of nitrogens with one attached hydrogen (secondary N) is 2. The number of halogens is 1. The molecule has 2 aromatic carbocycles. The third-order valence-electron chi connectivity index (χ3n) is 5.52. The number of carbonyl (C=O) groups excluding carboxylic acids is 3. The average molecular weight is 489 g/mol. The molecule has 2 aromatic rings. The van der Waals surface area contributed by atoms with Crippen LogP contribution in [0.15, 0.2) is 42.5 Å². The highest BCUT2D eigenvalue weighted by molar-refractivity contribution is 6.30. The molecule has 9 nitrogen and oxygen atoms in total. The van der Waals surface area contributed by atoms with Crippen LogP contribution in [0.5, 0.6) is 11.5 Å². The SMILES string of the molecule is COc1ccc(C[C@H](NC(C)=O)C(=O)N2CCN(C(=O)Nc3cccc(Cl)c3)CC2)cc1OC. The number of rotatable bonds is 7. The van der Waals surface area contributed by atoms with E-state index in [-0.39, 0.29) is 17.8 Å². The lowest BCUT2D eigenvalue weighted by Crippen LogP contribution is -2.56. The zero-order valence-corrected chi connectivity index (χ0v) is 20.2. The largest absolute Gasteiger partial charge is 0.493 e. The van der Waals surface area contributed by atoms with Crippen LogP contribution in [0.1, 0.15) is 12.5 Å². The number of amides is 4. The first kappa shape index (κ1) is 25.2. The molecule has 0 unspecified atom stereocenters. The zero-order valence-electron chi connectivity index (χ0n) is 19.5. The summed E-state index contributed by atoms with van der Waals surface area (Å²) in [6.07, 6.45) is 0.300. The number of methoxy groups -OCH3 is 2. The van der Waals surface area contributed by atoms with Gasteiger partial charge in [-0.05, 0) is 35.9 Å². The summed E-state index contributed by atoms with van der Waals surface area (Å²) in [5, 5.41) is 6.11. The van der Waals surface area contributed by atoms with Crippen LogP contribution in [-0.4, -0.2) is 74.1 Å². The van der Waals surface area contributed by atoms with Crippen molar-refractivity contribution in [1.82, 2.24) is 15.1 Å². The maximum absolute atomic E-state index is 13.2. The molecule has 1 atom stereocenters. The van der Waals surface area contributed by atoms with Crippen molar-refractivity contribution in [3.8, 4) is 11.5 Å². The number of carbonyl (C=O) groups is 3. The van der Waals surface area contributed by atoms with Gasteiger partial charge in [-0.3, -0.25) is 9.59 Å². The highest BCUT2D eigenvalue weighted by Crippen LogP contribution is 2.28. The van der Waals surface area contributed by atoms with Gasteiger partial charge in [-0.1, -0.05) is 23.7 Å². The third kappa shape index (κ3) is 6.54. The highest BCUT2D eigenvalue weighted by Gasteiger charge is 2.30. The fourth-order valence-corrected chi connectivity index (χ4v) is 4.00. The number of piperazine rings is 1. The molecule has 1 aliphatic heterocycles.